The lowest BCUT2D eigenvalue weighted by Crippen LogP contribution is -2.44. The minimum atomic E-state index is 0.202. The predicted octanol–water partition coefficient (Wildman–Crippen LogP) is 1.94. The maximum atomic E-state index is 4.27. The van der Waals surface area contributed by atoms with Crippen molar-refractivity contribution in [1.29, 1.82) is 0 Å². The number of aliphatic imine (C=N–C) groups is 1. The Morgan fingerprint density at radius 3 is 2.35 bits per heavy atom. The van der Waals surface area contributed by atoms with Crippen molar-refractivity contribution in [2.45, 2.75) is 20.4 Å². The highest BCUT2D eigenvalue weighted by Gasteiger charge is 2.19. The number of nitrogens with zero attached hydrogens (tertiary/aromatic N) is 2. The lowest BCUT2D eigenvalue weighted by molar-refractivity contribution is 0.241. The molecule has 0 spiro atoms. The molecular weight excluding hydrogens is 248 g/mol. The van der Waals surface area contributed by atoms with Crippen molar-refractivity contribution >= 4 is 5.96 Å². The van der Waals surface area contributed by atoms with E-state index in [1.807, 2.05) is 18.2 Å². The van der Waals surface area contributed by atoms with Gasteiger partial charge in [-0.1, -0.05) is 44.2 Å². The zero-order valence-corrected chi connectivity index (χ0v) is 13.4. The maximum Gasteiger partial charge on any atom is 0.191 e. The number of hydrogen-bond acceptors (Lipinski definition) is 2. The summed E-state index contributed by atoms with van der Waals surface area (Å²) in [6.45, 7) is 7.22. The van der Waals surface area contributed by atoms with Crippen molar-refractivity contribution < 1.29 is 0 Å². The second-order valence-corrected chi connectivity index (χ2v) is 6.17. The molecule has 0 aromatic heterocycles. The molecule has 0 radical (unpaired) electrons. The lowest BCUT2D eigenvalue weighted by atomic mass is 9.93. The molecule has 112 valence electrons. The van der Waals surface area contributed by atoms with Gasteiger partial charge in [0.25, 0.3) is 0 Å². The maximum absolute atomic E-state index is 4.27. The van der Waals surface area contributed by atoms with E-state index in [1.54, 1.807) is 7.05 Å². The van der Waals surface area contributed by atoms with Gasteiger partial charge in [0.05, 0.1) is 0 Å². The monoisotopic (exact) mass is 276 g/mol. The van der Waals surface area contributed by atoms with Crippen LogP contribution in [-0.4, -0.2) is 45.1 Å². The molecule has 0 fully saturated rings. The van der Waals surface area contributed by atoms with Crippen molar-refractivity contribution in [2.75, 3.05) is 34.2 Å². The molecule has 0 aliphatic carbocycles. The molecular formula is C16H28N4. The Morgan fingerprint density at radius 1 is 1.15 bits per heavy atom. The molecule has 0 saturated heterocycles. The molecule has 0 unspecified atom stereocenters. The minimum absolute atomic E-state index is 0.202. The molecule has 1 rings (SSSR count). The molecule has 1 aromatic rings. The normalized spacial score (nSPS) is 12.6. The third-order valence-electron chi connectivity index (χ3n) is 3.01. The van der Waals surface area contributed by atoms with Crippen LogP contribution in [0.3, 0.4) is 0 Å². The fraction of sp³-hybridized carbons (Fsp3) is 0.562. The quantitative estimate of drug-likeness (QED) is 0.616. The predicted molar refractivity (Wildman–Crippen MR) is 87.0 cm³/mol. The molecule has 0 heterocycles. The summed E-state index contributed by atoms with van der Waals surface area (Å²) in [7, 11) is 6.01. The molecule has 0 saturated carbocycles. The zero-order chi connectivity index (χ0) is 15.0. The lowest BCUT2D eigenvalue weighted by Gasteiger charge is -2.29. The van der Waals surface area contributed by atoms with Gasteiger partial charge in [0, 0.05) is 26.7 Å². The molecule has 4 heteroatoms. The Balaban J connectivity index is 2.41. The summed E-state index contributed by atoms with van der Waals surface area (Å²) in [5.74, 6) is 0.848. The fourth-order valence-electron chi connectivity index (χ4n) is 2.24. The smallest absolute Gasteiger partial charge is 0.191 e. The van der Waals surface area contributed by atoms with Gasteiger partial charge in [-0.25, -0.2) is 0 Å². The fourth-order valence-corrected chi connectivity index (χ4v) is 2.24. The van der Waals surface area contributed by atoms with E-state index in [1.165, 1.54) is 5.56 Å². The SMILES string of the molecule is CN=C(NCc1ccccc1)NCC(C)(C)CN(C)C. The first kappa shape index (κ1) is 16.5. The highest BCUT2D eigenvalue weighted by atomic mass is 15.2. The molecule has 0 amide bonds. The average molecular weight is 276 g/mol. The van der Waals surface area contributed by atoms with Gasteiger partial charge < -0.3 is 15.5 Å². The van der Waals surface area contributed by atoms with Gasteiger partial charge >= 0.3 is 0 Å². The van der Waals surface area contributed by atoms with Crippen LogP contribution in [0.25, 0.3) is 0 Å². The molecule has 0 atom stereocenters. The minimum Gasteiger partial charge on any atom is -0.356 e. The summed E-state index contributed by atoms with van der Waals surface area (Å²) < 4.78 is 0. The van der Waals surface area contributed by atoms with Crippen LogP contribution in [0, 0.1) is 5.41 Å². The summed E-state index contributed by atoms with van der Waals surface area (Å²) >= 11 is 0. The molecule has 0 bridgehead atoms. The highest BCUT2D eigenvalue weighted by Crippen LogP contribution is 2.13. The van der Waals surface area contributed by atoms with Crippen LogP contribution in [0.5, 0.6) is 0 Å². The zero-order valence-electron chi connectivity index (χ0n) is 13.4. The molecule has 0 aliphatic heterocycles. The Kier molecular flexibility index (Phi) is 6.52. The topological polar surface area (TPSA) is 39.7 Å². The van der Waals surface area contributed by atoms with Crippen LogP contribution >= 0.6 is 0 Å². The van der Waals surface area contributed by atoms with E-state index >= 15 is 0 Å². The third-order valence-corrected chi connectivity index (χ3v) is 3.01. The molecule has 4 nitrogen and oxygen atoms in total. The van der Waals surface area contributed by atoms with Gasteiger partial charge in [-0.05, 0) is 25.1 Å². The second-order valence-electron chi connectivity index (χ2n) is 6.17. The van der Waals surface area contributed by atoms with Gasteiger partial charge in [-0.15, -0.1) is 0 Å². The number of rotatable bonds is 6. The number of nitrogens with one attached hydrogen (secondary N) is 2. The Morgan fingerprint density at radius 2 is 1.80 bits per heavy atom. The second kappa shape index (κ2) is 7.90. The summed E-state index contributed by atoms with van der Waals surface area (Å²) in [6, 6.07) is 10.3. The van der Waals surface area contributed by atoms with Gasteiger partial charge in [0.2, 0.25) is 0 Å². The molecule has 20 heavy (non-hydrogen) atoms. The summed E-state index contributed by atoms with van der Waals surface area (Å²) in [6.07, 6.45) is 0. The largest absolute Gasteiger partial charge is 0.356 e. The number of hydrogen-bond donors (Lipinski definition) is 2. The van der Waals surface area contributed by atoms with Crippen LogP contribution in [0.4, 0.5) is 0 Å². The van der Waals surface area contributed by atoms with Gasteiger partial charge in [0.15, 0.2) is 5.96 Å². The number of benzene rings is 1. The van der Waals surface area contributed by atoms with Gasteiger partial charge in [0.1, 0.15) is 0 Å². The summed E-state index contributed by atoms with van der Waals surface area (Å²) in [4.78, 5) is 6.48. The van der Waals surface area contributed by atoms with Crippen LogP contribution in [0.2, 0.25) is 0 Å². The van der Waals surface area contributed by atoms with E-state index < -0.39 is 0 Å². The first-order valence-corrected chi connectivity index (χ1v) is 7.06. The Bertz CT molecular complexity index is 410. The van der Waals surface area contributed by atoms with Crippen LogP contribution in [-0.2, 0) is 6.54 Å². The van der Waals surface area contributed by atoms with E-state index in [9.17, 15) is 0 Å². The molecule has 0 aliphatic rings. The Labute approximate surface area is 123 Å². The van der Waals surface area contributed by atoms with E-state index in [0.717, 1.165) is 25.6 Å². The standard InChI is InChI=1S/C16H28N4/c1-16(2,13-20(4)5)12-19-15(17-3)18-11-14-9-7-6-8-10-14/h6-10H,11-13H2,1-5H3,(H2,17,18,19). The summed E-state index contributed by atoms with van der Waals surface area (Å²) in [5.41, 5.74) is 1.46. The van der Waals surface area contributed by atoms with E-state index in [4.69, 9.17) is 0 Å². The van der Waals surface area contributed by atoms with Crippen molar-refractivity contribution in [3.63, 3.8) is 0 Å². The van der Waals surface area contributed by atoms with Crippen molar-refractivity contribution in [3.8, 4) is 0 Å². The van der Waals surface area contributed by atoms with Crippen molar-refractivity contribution in [3.05, 3.63) is 35.9 Å². The Hall–Kier alpha value is -1.55. The first-order chi connectivity index (χ1) is 9.43. The first-order valence-electron chi connectivity index (χ1n) is 7.06. The van der Waals surface area contributed by atoms with E-state index in [2.05, 4.69) is 60.6 Å². The van der Waals surface area contributed by atoms with Crippen molar-refractivity contribution in [2.24, 2.45) is 10.4 Å². The third kappa shape index (κ3) is 6.57. The number of guanidine groups is 1. The van der Waals surface area contributed by atoms with Crippen LogP contribution in [0.15, 0.2) is 35.3 Å². The van der Waals surface area contributed by atoms with E-state index in [0.29, 0.717) is 0 Å². The van der Waals surface area contributed by atoms with Crippen LogP contribution in [0.1, 0.15) is 19.4 Å². The van der Waals surface area contributed by atoms with Crippen LogP contribution < -0.4 is 10.6 Å². The molecule has 2 N–H and O–H groups in total. The van der Waals surface area contributed by atoms with E-state index in [-0.39, 0.29) is 5.41 Å². The average Bonchev–Trinajstić information content (AvgIpc) is 2.38. The van der Waals surface area contributed by atoms with Gasteiger partial charge in [-0.3, -0.25) is 4.99 Å². The molecule has 1 aromatic carbocycles. The van der Waals surface area contributed by atoms with Gasteiger partial charge in [-0.2, -0.15) is 0 Å². The summed E-state index contributed by atoms with van der Waals surface area (Å²) in [5, 5.41) is 6.73. The van der Waals surface area contributed by atoms with Crippen molar-refractivity contribution in [1.82, 2.24) is 15.5 Å². The highest BCUT2D eigenvalue weighted by molar-refractivity contribution is 5.79.